The summed E-state index contributed by atoms with van der Waals surface area (Å²) in [5, 5.41) is 12.0. The Balaban J connectivity index is 3.67. The number of terminal acetylenes is 1. The Kier molecular flexibility index (Phi) is 11.6. The molecule has 0 amide bonds. The molecule has 0 aromatic rings. The molecule has 1 aliphatic rings. The van der Waals surface area contributed by atoms with E-state index >= 15 is 0 Å². The van der Waals surface area contributed by atoms with Crippen molar-refractivity contribution in [2.75, 3.05) is 0 Å². The number of aliphatic hydroxyl groups is 1. The first-order valence-electron chi connectivity index (χ1n) is 14.2. The maximum atomic E-state index is 12.1. The fourth-order valence-electron chi connectivity index (χ4n) is 3.82. The highest BCUT2D eigenvalue weighted by Gasteiger charge is 2.55. The predicted molar refractivity (Wildman–Crippen MR) is 169 cm³/mol. The first-order valence-corrected chi connectivity index (χ1v) is 23.0. The van der Waals surface area contributed by atoms with Crippen molar-refractivity contribution in [3.05, 3.63) is 12.7 Å². The van der Waals surface area contributed by atoms with Crippen LogP contribution in [-0.4, -0.2) is 66.7 Å². The van der Waals surface area contributed by atoms with E-state index in [-0.39, 0.29) is 21.2 Å². The summed E-state index contributed by atoms with van der Waals surface area (Å²) >= 11 is 0. The molecule has 5 nitrogen and oxygen atoms in total. The second kappa shape index (κ2) is 12.3. The number of hydrogen-bond acceptors (Lipinski definition) is 5. The van der Waals surface area contributed by atoms with Crippen LogP contribution in [0.25, 0.3) is 0 Å². The molecule has 0 saturated carbocycles. The topological polar surface area (TPSA) is 57.2 Å². The monoisotopic (exact) mass is 584 g/mol. The molecular formula is C30H60O5Si3. The van der Waals surface area contributed by atoms with Gasteiger partial charge < -0.3 is 23.1 Å². The second-order valence-corrected chi connectivity index (χ2v) is 29.9. The molecular weight excluding hydrogens is 525 g/mol. The van der Waals surface area contributed by atoms with E-state index in [1.807, 2.05) is 6.08 Å². The lowest BCUT2D eigenvalue weighted by atomic mass is 9.90. The Morgan fingerprint density at radius 1 is 0.842 bits per heavy atom. The van der Waals surface area contributed by atoms with Crippen molar-refractivity contribution in [3.63, 3.8) is 0 Å². The molecule has 0 aromatic heterocycles. The molecule has 1 fully saturated rings. The van der Waals surface area contributed by atoms with Crippen LogP contribution in [0.3, 0.4) is 0 Å². The molecule has 222 valence electrons. The minimum absolute atomic E-state index is 0.00744. The minimum Gasteiger partial charge on any atom is -0.410 e. The van der Waals surface area contributed by atoms with Crippen molar-refractivity contribution >= 4 is 25.0 Å². The number of aliphatic hydroxyl groups excluding tert-OH is 1. The lowest BCUT2D eigenvalue weighted by Crippen LogP contribution is -2.67. The summed E-state index contributed by atoms with van der Waals surface area (Å²) in [7, 11) is -6.72. The molecule has 1 N–H and O–H groups in total. The Morgan fingerprint density at radius 3 is 1.63 bits per heavy atom. The fraction of sp³-hybridized carbons (Fsp3) is 0.867. The maximum absolute atomic E-state index is 12.1. The molecule has 0 radical (unpaired) electrons. The fourth-order valence-corrected chi connectivity index (χ4v) is 7.78. The Hall–Kier alpha value is -0.249. The molecule has 1 rings (SSSR count). The standard InChI is InChI=1S/C30H60O5Si3/c1-18-20-22-26(34-37(14,15)29(6,7)8)27(35-38(16,17)30(9,10)11)24(31)25(32-22)23(21-19-2)33-36(12,13)28(3,4)5/h2,18,22-27,31H,1,20-21H2,3-17H3/t22-,23-,24-,25-,26+,27+/m1/s1. The molecule has 6 atom stereocenters. The van der Waals surface area contributed by atoms with E-state index < -0.39 is 55.5 Å². The number of ether oxygens (including phenoxy) is 1. The zero-order valence-corrected chi connectivity index (χ0v) is 30.3. The van der Waals surface area contributed by atoms with Gasteiger partial charge in [0.05, 0.1) is 18.3 Å². The van der Waals surface area contributed by atoms with Gasteiger partial charge in [-0.15, -0.1) is 18.9 Å². The third-order valence-electron chi connectivity index (χ3n) is 9.51. The highest BCUT2D eigenvalue weighted by Crippen LogP contribution is 2.45. The van der Waals surface area contributed by atoms with E-state index in [1.54, 1.807) is 0 Å². The van der Waals surface area contributed by atoms with Crippen LogP contribution in [-0.2, 0) is 18.0 Å². The van der Waals surface area contributed by atoms with Gasteiger partial charge in [0.25, 0.3) is 0 Å². The lowest BCUT2D eigenvalue weighted by molar-refractivity contribution is -0.232. The van der Waals surface area contributed by atoms with Crippen LogP contribution in [0.4, 0.5) is 0 Å². The highest BCUT2D eigenvalue weighted by atomic mass is 28.4. The van der Waals surface area contributed by atoms with E-state index in [2.05, 4.69) is 114 Å². The van der Waals surface area contributed by atoms with Crippen molar-refractivity contribution in [2.45, 2.75) is 166 Å². The van der Waals surface area contributed by atoms with Crippen LogP contribution < -0.4 is 0 Å². The number of hydrogen-bond donors (Lipinski definition) is 1. The van der Waals surface area contributed by atoms with Gasteiger partial charge >= 0.3 is 0 Å². The maximum Gasteiger partial charge on any atom is 0.192 e. The van der Waals surface area contributed by atoms with Gasteiger partial charge in [-0.3, -0.25) is 0 Å². The van der Waals surface area contributed by atoms with Crippen molar-refractivity contribution in [3.8, 4) is 12.3 Å². The molecule has 0 bridgehead atoms. The van der Waals surface area contributed by atoms with Crippen molar-refractivity contribution in [1.29, 1.82) is 0 Å². The van der Waals surface area contributed by atoms with Crippen LogP contribution in [0.15, 0.2) is 12.7 Å². The van der Waals surface area contributed by atoms with Gasteiger partial charge in [-0.25, -0.2) is 0 Å². The Bertz CT molecular complexity index is 827. The number of rotatable bonds is 10. The summed E-state index contributed by atoms with van der Waals surface area (Å²) in [6.07, 6.45) is 5.34. The quantitative estimate of drug-likeness (QED) is 0.161. The summed E-state index contributed by atoms with van der Waals surface area (Å²) in [6.45, 7) is 37.3. The predicted octanol–water partition coefficient (Wildman–Crippen LogP) is 7.89. The van der Waals surface area contributed by atoms with Gasteiger partial charge in [0.1, 0.15) is 18.3 Å². The van der Waals surface area contributed by atoms with Crippen molar-refractivity contribution in [2.24, 2.45) is 0 Å². The molecule has 8 heteroatoms. The first-order chi connectivity index (χ1) is 16.8. The SMILES string of the molecule is C#CC[C@@H](O[Si](C)(C)C(C)(C)C)[C@H]1O[C@H](CC=C)[C@H](O[Si](C)(C)C(C)(C)C)[C@@H](O[Si](C)(C)C(C)(C)C)[C@@H]1O. The summed E-state index contributed by atoms with van der Waals surface area (Å²) in [5.74, 6) is 2.79. The van der Waals surface area contributed by atoms with Gasteiger partial charge in [0.15, 0.2) is 25.0 Å². The van der Waals surface area contributed by atoms with Crippen molar-refractivity contribution in [1.82, 2.24) is 0 Å². The zero-order valence-electron chi connectivity index (χ0n) is 27.3. The van der Waals surface area contributed by atoms with Gasteiger partial charge in [-0.05, 0) is 60.8 Å². The lowest BCUT2D eigenvalue weighted by Gasteiger charge is -2.53. The van der Waals surface area contributed by atoms with Crippen molar-refractivity contribution < 1.29 is 23.1 Å². The average Bonchev–Trinajstić information content (AvgIpc) is 2.69. The molecule has 1 aliphatic heterocycles. The summed E-state index contributed by atoms with van der Waals surface area (Å²) < 4.78 is 27.6. The smallest absolute Gasteiger partial charge is 0.192 e. The Morgan fingerprint density at radius 2 is 1.26 bits per heavy atom. The summed E-state index contributed by atoms with van der Waals surface area (Å²) in [5.41, 5.74) is 0. The van der Waals surface area contributed by atoms with Crippen LogP contribution in [0.2, 0.25) is 54.4 Å². The minimum atomic E-state index is -2.29. The average molecular weight is 585 g/mol. The molecule has 1 saturated heterocycles. The van der Waals surface area contributed by atoms with E-state index in [0.29, 0.717) is 12.8 Å². The third-order valence-corrected chi connectivity index (χ3v) is 23.0. The molecule has 1 heterocycles. The summed E-state index contributed by atoms with van der Waals surface area (Å²) in [4.78, 5) is 0. The highest BCUT2D eigenvalue weighted by molar-refractivity contribution is 6.75. The largest absolute Gasteiger partial charge is 0.410 e. The van der Waals surface area contributed by atoms with Gasteiger partial charge in [-0.1, -0.05) is 68.4 Å². The van der Waals surface area contributed by atoms with Crippen LogP contribution >= 0.6 is 0 Å². The van der Waals surface area contributed by atoms with Crippen LogP contribution in [0, 0.1) is 12.3 Å². The van der Waals surface area contributed by atoms with E-state index in [4.69, 9.17) is 24.4 Å². The molecule has 0 aliphatic carbocycles. The van der Waals surface area contributed by atoms with E-state index in [0.717, 1.165) is 0 Å². The molecule has 38 heavy (non-hydrogen) atoms. The normalized spacial score (nSPS) is 27.1. The molecule has 0 aromatic carbocycles. The first kappa shape index (κ1) is 35.8. The third kappa shape index (κ3) is 8.39. The van der Waals surface area contributed by atoms with Crippen LogP contribution in [0.5, 0.6) is 0 Å². The second-order valence-electron chi connectivity index (χ2n) is 15.7. The molecule has 0 spiro atoms. The zero-order chi connectivity index (χ0) is 30.1. The van der Waals surface area contributed by atoms with Crippen LogP contribution in [0.1, 0.15) is 75.2 Å². The van der Waals surface area contributed by atoms with Gasteiger partial charge in [-0.2, -0.15) is 0 Å². The molecule has 0 unspecified atom stereocenters. The van der Waals surface area contributed by atoms with E-state index in [1.165, 1.54) is 0 Å². The van der Waals surface area contributed by atoms with Gasteiger partial charge in [0.2, 0.25) is 0 Å². The van der Waals surface area contributed by atoms with Gasteiger partial charge in [0, 0.05) is 6.42 Å². The Labute approximate surface area is 238 Å². The van der Waals surface area contributed by atoms with E-state index in [9.17, 15) is 5.11 Å². The summed E-state index contributed by atoms with van der Waals surface area (Å²) in [6, 6.07) is 0.